The van der Waals surface area contributed by atoms with Crippen molar-refractivity contribution in [1.82, 2.24) is 5.32 Å². The second kappa shape index (κ2) is 3.93. The lowest BCUT2D eigenvalue weighted by Crippen LogP contribution is -2.39. The summed E-state index contributed by atoms with van der Waals surface area (Å²) in [5, 5.41) is 13.1. The third-order valence-corrected chi connectivity index (χ3v) is 2.58. The summed E-state index contributed by atoms with van der Waals surface area (Å²) in [5.41, 5.74) is -0.692. The molecule has 0 aromatic rings. The van der Waals surface area contributed by atoms with Crippen LogP contribution in [-0.2, 0) is 0 Å². The highest BCUT2D eigenvalue weighted by Crippen LogP contribution is 2.27. The van der Waals surface area contributed by atoms with Crippen molar-refractivity contribution in [3.05, 3.63) is 0 Å². The summed E-state index contributed by atoms with van der Waals surface area (Å²) >= 11 is 0. The van der Waals surface area contributed by atoms with E-state index < -0.39 is 5.60 Å². The van der Waals surface area contributed by atoms with Crippen molar-refractivity contribution >= 4 is 0 Å². The van der Waals surface area contributed by atoms with Crippen molar-refractivity contribution in [1.29, 1.82) is 0 Å². The maximum atomic E-state index is 9.88. The van der Waals surface area contributed by atoms with Crippen LogP contribution in [0.1, 0.15) is 32.6 Å². The molecule has 0 radical (unpaired) electrons. The fraction of sp³-hybridized carbons (Fsp3) is 0.800. The Morgan fingerprint density at radius 3 is 2.42 bits per heavy atom. The monoisotopic (exact) mass is 167 g/mol. The molecule has 0 spiro atoms. The quantitative estimate of drug-likeness (QED) is 0.569. The lowest BCUT2D eigenvalue weighted by Gasteiger charge is -2.31. The summed E-state index contributed by atoms with van der Waals surface area (Å²) in [6.07, 6.45) is 3.67. The van der Waals surface area contributed by atoms with Crippen molar-refractivity contribution in [2.75, 3.05) is 7.05 Å². The van der Waals surface area contributed by atoms with Crippen LogP contribution in [0.5, 0.6) is 0 Å². The van der Waals surface area contributed by atoms with Crippen LogP contribution in [0.3, 0.4) is 0 Å². The van der Waals surface area contributed by atoms with Gasteiger partial charge in [-0.05, 0) is 39.7 Å². The molecule has 0 unspecified atom stereocenters. The molecule has 0 amide bonds. The van der Waals surface area contributed by atoms with Crippen molar-refractivity contribution in [3.63, 3.8) is 0 Å². The van der Waals surface area contributed by atoms with Gasteiger partial charge in [-0.15, -0.1) is 5.92 Å². The maximum Gasteiger partial charge on any atom is 0.125 e. The van der Waals surface area contributed by atoms with E-state index in [1.165, 1.54) is 0 Å². The molecule has 0 saturated heterocycles. The molecule has 1 rings (SSSR count). The smallest absolute Gasteiger partial charge is 0.125 e. The van der Waals surface area contributed by atoms with Crippen molar-refractivity contribution in [3.8, 4) is 11.8 Å². The Balaban J connectivity index is 2.47. The molecule has 0 heterocycles. The summed E-state index contributed by atoms with van der Waals surface area (Å²) < 4.78 is 0. The predicted molar refractivity (Wildman–Crippen MR) is 49.7 cm³/mol. The third kappa shape index (κ3) is 2.23. The van der Waals surface area contributed by atoms with E-state index >= 15 is 0 Å². The average Bonchev–Trinajstić information content (AvgIpc) is 2.06. The van der Waals surface area contributed by atoms with Crippen LogP contribution >= 0.6 is 0 Å². The van der Waals surface area contributed by atoms with Crippen LogP contribution in [0.15, 0.2) is 0 Å². The Labute approximate surface area is 74.4 Å². The number of aliphatic hydroxyl groups is 1. The van der Waals surface area contributed by atoms with E-state index in [0.717, 1.165) is 25.7 Å². The lowest BCUT2D eigenvalue weighted by atomic mass is 9.83. The van der Waals surface area contributed by atoms with Gasteiger partial charge in [0.1, 0.15) is 5.60 Å². The number of hydrogen-bond acceptors (Lipinski definition) is 2. The molecule has 0 aromatic carbocycles. The summed E-state index contributed by atoms with van der Waals surface area (Å²) in [6.45, 7) is 1.78. The first-order valence-corrected chi connectivity index (χ1v) is 4.54. The summed E-state index contributed by atoms with van der Waals surface area (Å²) in [6, 6.07) is 0.573. The third-order valence-electron chi connectivity index (χ3n) is 2.58. The van der Waals surface area contributed by atoms with Gasteiger partial charge in [-0.1, -0.05) is 5.92 Å². The van der Waals surface area contributed by atoms with Gasteiger partial charge in [-0.3, -0.25) is 0 Å². The molecule has 68 valence electrons. The van der Waals surface area contributed by atoms with Crippen LogP contribution in [-0.4, -0.2) is 23.8 Å². The minimum absolute atomic E-state index is 0.573. The van der Waals surface area contributed by atoms with E-state index in [4.69, 9.17) is 0 Å². The fourth-order valence-electron chi connectivity index (χ4n) is 1.74. The minimum atomic E-state index is -0.692. The van der Waals surface area contributed by atoms with Gasteiger partial charge in [0, 0.05) is 6.04 Å². The predicted octanol–water partition coefficient (Wildman–Crippen LogP) is 0.903. The molecular weight excluding hydrogens is 150 g/mol. The van der Waals surface area contributed by atoms with E-state index in [1.54, 1.807) is 6.92 Å². The van der Waals surface area contributed by atoms with E-state index in [0.29, 0.717) is 6.04 Å². The Hall–Kier alpha value is -0.520. The van der Waals surface area contributed by atoms with Gasteiger partial charge < -0.3 is 10.4 Å². The van der Waals surface area contributed by atoms with Gasteiger partial charge in [-0.25, -0.2) is 0 Å². The topological polar surface area (TPSA) is 32.3 Å². The molecule has 0 aromatic heterocycles. The van der Waals surface area contributed by atoms with E-state index in [1.807, 2.05) is 7.05 Å². The summed E-state index contributed by atoms with van der Waals surface area (Å²) in [7, 11) is 1.97. The molecule has 12 heavy (non-hydrogen) atoms. The van der Waals surface area contributed by atoms with Crippen molar-refractivity contribution in [2.45, 2.75) is 44.2 Å². The number of hydrogen-bond donors (Lipinski definition) is 2. The Bertz CT molecular complexity index is 194. The first-order chi connectivity index (χ1) is 5.70. The second-order valence-electron chi connectivity index (χ2n) is 3.47. The lowest BCUT2D eigenvalue weighted by molar-refractivity contribution is 0.0520. The molecule has 2 heteroatoms. The van der Waals surface area contributed by atoms with Crippen molar-refractivity contribution in [2.24, 2.45) is 0 Å². The molecule has 1 aliphatic rings. The maximum absolute atomic E-state index is 9.88. The first-order valence-electron chi connectivity index (χ1n) is 4.54. The standard InChI is InChI=1S/C10H17NO/c1-3-6-10(12)7-4-9(11-2)5-8-10/h9,11-12H,4-5,7-8H2,1-2H3. The normalized spacial score (nSPS) is 35.4. The van der Waals surface area contributed by atoms with Crippen molar-refractivity contribution < 1.29 is 5.11 Å². The molecule has 2 nitrogen and oxygen atoms in total. The Morgan fingerprint density at radius 1 is 1.42 bits per heavy atom. The summed E-state index contributed by atoms with van der Waals surface area (Å²) in [4.78, 5) is 0. The summed E-state index contributed by atoms with van der Waals surface area (Å²) in [5.74, 6) is 5.67. The molecule has 2 N–H and O–H groups in total. The average molecular weight is 167 g/mol. The molecule has 1 fully saturated rings. The number of nitrogens with one attached hydrogen (secondary N) is 1. The van der Waals surface area contributed by atoms with Gasteiger partial charge in [0.2, 0.25) is 0 Å². The van der Waals surface area contributed by atoms with Crippen LogP contribution in [0.25, 0.3) is 0 Å². The van der Waals surface area contributed by atoms with Crippen LogP contribution in [0.2, 0.25) is 0 Å². The molecule has 0 atom stereocenters. The van der Waals surface area contributed by atoms with Crippen LogP contribution in [0.4, 0.5) is 0 Å². The molecule has 1 aliphatic carbocycles. The van der Waals surface area contributed by atoms with Gasteiger partial charge in [0.25, 0.3) is 0 Å². The van der Waals surface area contributed by atoms with Gasteiger partial charge >= 0.3 is 0 Å². The van der Waals surface area contributed by atoms with Crippen LogP contribution in [0, 0.1) is 11.8 Å². The zero-order valence-corrected chi connectivity index (χ0v) is 7.85. The highest BCUT2D eigenvalue weighted by Gasteiger charge is 2.30. The molecular formula is C10H17NO. The number of rotatable bonds is 1. The Morgan fingerprint density at radius 2 is 2.00 bits per heavy atom. The minimum Gasteiger partial charge on any atom is -0.378 e. The van der Waals surface area contributed by atoms with E-state index in [9.17, 15) is 5.11 Å². The van der Waals surface area contributed by atoms with Gasteiger partial charge in [-0.2, -0.15) is 0 Å². The SMILES string of the molecule is CC#CC1(O)CCC(NC)CC1. The molecule has 1 saturated carbocycles. The highest BCUT2D eigenvalue weighted by molar-refractivity contribution is 5.13. The Kier molecular flexibility index (Phi) is 3.13. The molecule has 0 aliphatic heterocycles. The highest BCUT2D eigenvalue weighted by atomic mass is 16.3. The van der Waals surface area contributed by atoms with Gasteiger partial charge in [0.15, 0.2) is 0 Å². The molecule has 0 bridgehead atoms. The van der Waals surface area contributed by atoms with E-state index in [-0.39, 0.29) is 0 Å². The zero-order chi connectivity index (χ0) is 9.03. The second-order valence-corrected chi connectivity index (χ2v) is 3.47. The van der Waals surface area contributed by atoms with E-state index in [2.05, 4.69) is 17.2 Å². The zero-order valence-electron chi connectivity index (χ0n) is 7.85. The van der Waals surface area contributed by atoms with Crippen LogP contribution < -0.4 is 5.32 Å². The van der Waals surface area contributed by atoms with Gasteiger partial charge in [0.05, 0.1) is 0 Å². The fourth-order valence-corrected chi connectivity index (χ4v) is 1.74. The largest absolute Gasteiger partial charge is 0.378 e. The first kappa shape index (κ1) is 9.57.